The molecule has 18 heavy (non-hydrogen) atoms. The Morgan fingerprint density at radius 3 is 2.39 bits per heavy atom. The first-order valence-corrected chi connectivity index (χ1v) is 8.19. The molecule has 0 aliphatic carbocycles. The zero-order valence-corrected chi connectivity index (χ0v) is 12.6. The lowest BCUT2D eigenvalue weighted by Gasteiger charge is -2.16. The van der Waals surface area contributed by atoms with E-state index in [-0.39, 0.29) is 17.6 Å². The maximum Gasteiger partial charge on any atom is 0.233 e. The van der Waals surface area contributed by atoms with Gasteiger partial charge in [-0.05, 0) is 23.5 Å². The summed E-state index contributed by atoms with van der Waals surface area (Å²) in [6.45, 7) is 5.89. The summed E-state index contributed by atoms with van der Waals surface area (Å²) in [5, 5.41) is 0. The molecule has 0 aromatic heterocycles. The van der Waals surface area contributed by atoms with Crippen LogP contribution in [0.3, 0.4) is 0 Å². The van der Waals surface area contributed by atoms with E-state index in [1.807, 2.05) is 39.0 Å². The first kappa shape index (κ1) is 15.3. The number of anilines is 1. The van der Waals surface area contributed by atoms with Crippen LogP contribution in [0.25, 0.3) is 0 Å². The van der Waals surface area contributed by atoms with Gasteiger partial charge in [-0.15, -0.1) is 11.6 Å². The van der Waals surface area contributed by atoms with E-state index in [0.29, 0.717) is 11.6 Å². The fourth-order valence-electron chi connectivity index (χ4n) is 1.72. The van der Waals surface area contributed by atoms with E-state index in [1.165, 1.54) is 0 Å². The molecule has 1 atom stereocenters. The van der Waals surface area contributed by atoms with Crippen molar-refractivity contribution >= 4 is 27.3 Å². The molecular weight excluding hydrogens is 270 g/mol. The average Bonchev–Trinajstić information content (AvgIpc) is 2.28. The van der Waals surface area contributed by atoms with Crippen molar-refractivity contribution in [3.63, 3.8) is 0 Å². The summed E-state index contributed by atoms with van der Waals surface area (Å²) < 4.78 is 26.6. The molecule has 1 rings (SSSR count). The molecule has 0 aliphatic rings. The van der Waals surface area contributed by atoms with E-state index >= 15 is 0 Å². The molecule has 0 amide bonds. The topological polar surface area (TPSA) is 46.2 Å². The smallest absolute Gasteiger partial charge is 0.233 e. The molecule has 0 radical (unpaired) electrons. The van der Waals surface area contributed by atoms with Gasteiger partial charge in [0.15, 0.2) is 0 Å². The van der Waals surface area contributed by atoms with Gasteiger partial charge in [0, 0.05) is 5.88 Å². The Balaban J connectivity index is 2.91. The summed E-state index contributed by atoms with van der Waals surface area (Å²) in [4.78, 5) is 0. The SMILES string of the molecule is CC(CCl)CS(=O)(=O)Nc1ccccc1C(C)C. The molecule has 0 spiro atoms. The Kier molecular flexibility index (Phi) is 5.47. The average molecular weight is 290 g/mol. The van der Waals surface area contributed by atoms with Gasteiger partial charge in [0.05, 0.1) is 11.4 Å². The van der Waals surface area contributed by atoms with Crippen molar-refractivity contribution in [2.24, 2.45) is 5.92 Å². The largest absolute Gasteiger partial charge is 0.283 e. The van der Waals surface area contributed by atoms with E-state index in [4.69, 9.17) is 11.6 Å². The van der Waals surface area contributed by atoms with Crippen molar-refractivity contribution in [1.29, 1.82) is 0 Å². The van der Waals surface area contributed by atoms with E-state index in [2.05, 4.69) is 4.72 Å². The molecule has 1 unspecified atom stereocenters. The number of rotatable bonds is 6. The van der Waals surface area contributed by atoms with Crippen LogP contribution in [0, 0.1) is 5.92 Å². The fraction of sp³-hybridized carbons (Fsp3) is 0.538. The number of hydrogen-bond acceptors (Lipinski definition) is 2. The third-order valence-corrected chi connectivity index (χ3v) is 4.68. The van der Waals surface area contributed by atoms with Crippen molar-refractivity contribution in [3.8, 4) is 0 Å². The van der Waals surface area contributed by atoms with Gasteiger partial charge in [0.1, 0.15) is 0 Å². The monoisotopic (exact) mass is 289 g/mol. The first-order valence-electron chi connectivity index (χ1n) is 6.01. The maximum absolute atomic E-state index is 12.0. The summed E-state index contributed by atoms with van der Waals surface area (Å²) >= 11 is 5.65. The lowest BCUT2D eigenvalue weighted by atomic mass is 10.0. The number of halogens is 1. The number of nitrogens with one attached hydrogen (secondary N) is 1. The minimum absolute atomic E-state index is 0.0446. The van der Waals surface area contributed by atoms with Crippen molar-refractivity contribution in [2.75, 3.05) is 16.4 Å². The molecular formula is C13H20ClNO2S. The van der Waals surface area contributed by atoms with Gasteiger partial charge in [-0.25, -0.2) is 8.42 Å². The number of alkyl halides is 1. The van der Waals surface area contributed by atoms with Crippen LogP contribution in [0.4, 0.5) is 5.69 Å². The predicted molar refractivity (Wildman–Crippen MR) is 77.8 cm³/mol. The molecule has 0 bridgehead atoms. The molecule has 0 saturated carbocycles. The third kappa shape index (κ3) is 4.50. The summed E-state index contributed by atoms with van der Waals surface area (Å²) in [5.41, 5.74) is 1.66. The summed E-state index contributed by atoms with van der Waals surface area (Å²) in [5.74, 6) is 0.597. The quantitative estimate of drug-likeness (QED) is 0.816. The lowest BCUT2D eigenvalue weighted by Crippen LogP contribution is -2.22. The molecule has 1 N–H and O–H groups in total. The summed E-state index contributed by atoms with van der Waals surface area (Å²) in [6.07, 6.45) is 0. The van der Waals surface area contributed by atoms with Crippen LogP contribution in [0.1, 0.15) is 32.3 Å². The van der Waals surface area contributed by atoms with Gasteiger partial charge in [0.25, 0.3) is 0 Å². The number of hydrogen-bond donors (Lipinski definition) is 1. The van der Waals surface area contributed by atoms with Gasteiger partial charge in [-0.3, -0.25) is 4.72 Å². The second-order valence-electron chi connectivity index (χ2n) is 4.88. The van der Waals surface area contributed by atoms with Gasteiger partial charge in [-0.2, -0.15) is 0 Å². The fourth-order valence-corrected chi connectivity index (χ4v) is 3.43. The number of para-hydroxylation sites is 1. The van der Waals surface area contributed by atoms with E-state index in [9.17, 15) is 8.42 Å². The summed E-state index contributed by atoms with van der Waals surface area (Å²) in [6, 6.07) is 7.47. The van der Waals surface area contributed by atoms with Crippen LogP contribution >= 0.6 is 11.6 Å². The van der Waals surface area contributed by atoms with Crippen LogP contribution in [0.5, 0.6) is 0 Å². The third-order valence-electron chi connectivity index (χ3n) is 2.62. The highest BCUT2D eigenvalue weighted by molar-refractivity contribution is 7.92. The van der Waals surface area contributed by atoms with Crippen LogP contribution in [-0.2, 0) is 10.0 Å². The standard InChI is InChI=1S/C13H20ClNO2S/c1-10(2)12-6-4-5-7-13(12)15-18(16,17)9-11(3)8-14/h4-7,10-11,15H,8-9H2,1-3H3. The predicted octanol–water partition coefficient (Wildman–Crippen LogP) is 3.43. The molecule has 0 heterocycles. The first-order chi connectivity index (χ1) is 8.35. The second-order valence-corrected chi connectivity index (χ2v) is 6.96. The number of benzene rings is 1. The van der Waals surface area contributed by atoms with Crippen molar-refractivity contribution in [3.05, 3.63) is 29.8 Å². The van der Waals surface area contributed by atoms with Crippen molar-refractivity contribution in [1.82, 2.24) is 0 Å². The molecule has 0 aliphatic heterocycles. The van der Waals surface area contributed by atoms with Crippen LogP contribution in [-0.4, -0.2) is 20.1 Å². The van der Waals surface area contributed by atoms with E-state index < -0.39 is 10.0 Å². The Morgan fingerprint density at radius 2 is 1.83 bits per heavy atom. The Morgan fingerprint density at radius 1 is 1.22 bits per heavy atom. The van der Waals surface area contributed by atoms with Crippen molar-refractivity contribution < 1.29 is 8.42 Å². The molecule has 102 valence electrons. The highest BCUT2D eigenvalue weighted by atomic mass is 35.5. The Labute approximate surface area is 115 Å². The zero-order chi connectivity index (χ0) is 13.8. The normalized spacial score (nSPS) is 13.6. The molecule has 1 aromatic carbocycles. The Bertz CT molecular complexity index is 486. The maximum atomic E-state index is 12.0. The number of sulfonamides is 1. The lowest BCUT2D eigenvalue weighted by molar-refractivity contribution is 0.588. The van der Waals surface area contributed by atoms with Crippen LogP contribution in [0.15, 0.2) is 24.3 Å². The Hall–Kier alpha value is -0.740. The molecule has 3 nitrogen and oxygen atoms in total. The van der Waals surface area contributed by atoms with Crippen LogP contribution < -0.4 is 4.72 Å². The molecule has 1 aromatic rings. The highest BCUT2D eigenvalue weighted by Gasteiger charge is 2.17. The molecule has 5 heteroatoms. The highest BCUT2D eigenvalue weighted by Crippen LogP contribution is 2.24. The minimum atomic E-state index is -3.34. The van der Waals surface area contributed by atoms with Crippen LogP contribution in [0.2, 0.25) is 0 Å². The molecule has 0 fully saturated rings. The van der Waals surface area contributed by atoms with Gasteiger partial charge in [-0.1, -0.05) is 39.0 Å². The van der Waals surface area contributed by atoms with E-state index in [0.717, 1.165) is 5.56 Å². The second kappa shape index (κ2) is 6.43. The molecule has 0 saturated heterocycles. The van der Waals surface area contributed by atoms with Gasteiger partial charge in [0.2, 0.25) is 10.0 Å². The van der Waals surface area contributed by atoms with Gasteiger partial charge >= 0.3 is 0 Å². The van der Waals surface area contributed by atoms with E-state index in [1.54, 1.807) is 6.07 Å². The summed E-state index contributed by atoms with van der Waals surface area (Å²) in [7, 11) is -3.34. The van der Waals surface area contributed by atoms with Crippen molar-refractivity contribution in [2.45, 2.75) is 26.7 Å². The van der Waals surface area contributed by atoms with Gasteiger partial charge < -0.3 is 0 Å². The minimum Gasteiger partial charge on any atom is -0.283 e. The zero-order valence-electron chi connectivity index (χ0n) is 11.0.